The fourth-order valence-corrected chi connectivity index (χ4v) is 1.03. The van der Waals surface area contributed by atoms with E-state index in [9.17, 15) is 9.59 Å². The highest BCUT2D eigenvalue weighted by atomic mass is 16.4. The predicted molar refractivity (Wildman–Crippen MR) is 53.1 cm³/mol. The van der Waals surface area contributed by atoms with Gasteiger partial charge in [0.1, 0.15) is 0 Å². The van der Waals surface area contributed by atoms with E-state index in [0.29, 0.717) is 13.0 Å². The average molecular weight is 202 g/mol. The standard InChI is InChI=1S/C9H18N2O3/c1-8(12)10-5-7-11(2)6-3-4-9(13)14/h3-7H2,1-2H3,(H,10,12)(H,13,14). The molecule has 0 heterocycles. The van der Waals surface area contributed by atoms with E-state index in [2.05, 4.69) is 5.32 Å². The Labute approximate surface area is 84.1 Å². The van der Waals surface area contributed by atoms with Crippen molar-refractivity contribution in [1.82, 2.24) is 10.2 Å². The number of carbonyl (C=O) groups excluding carboxylic acids is 1. The largest absolute Gasteiger partial charge is 0.481 e. The van der Waals surface area contributed by atoms with Crippen LogP contribution in [-0.4, -0.2) is 48.6 Å². The molecule has 0 aliphatic carbocycles. The minimum absolute atomic E-state index is 0.0380. The number of carboxylic acid groups (broad SMARTS) is 1. The molecule has 82 valence electrons. The van der Waals surface area contributed by atoms with E-state index in [4.69, 9.17) is 5.11 Å². The van der Waals surface area contributed by atoms with E-state index in [1.54, 1.807) is 0 Å². The number of nitrogens with zero attached hydrogens (tertiary/aromatic N) is 1. The molecule has 1 amide bonds. The first-order valence-electron chi connectivity index (χ1n) is 4.67. The van der Waals surface area contributed by atoms with Crippen molar-refractivity contribution in [3.8, 4) is 0 Å². The normalized spacial score (nSPS) is 10.2. The van der Waals surface area contributed by atoms with Gasteiger partial charge in [-0.3, -0.25) is 9.59 Å². The second-order valence-corrected chi connectivity index (χ2v) is 3.28. The molecule has 0 radical (unpaired) electrons. The van der Waals surface area contributed by atoms with Crippen LogP contribution in [0.25, 0.3) is 0 Å². The molecule has 0 aromatic rings. The molecule has 0 aliphatic rings. The third kappa shape index (κ3) is 8.99. The molecule has 0 fully saturated rings. The van der Waals surface area contributed by atoms with Crippen LogP contribution in [-0.2, 0) is 9.59 Å². The van der Waals surface area contributed by atoms with Crippen LogP contribution < -0.4 is 5.32 Å². The van der Waals surface area contributed by atoms with Gasteiger partial charge in [0.15, 0.2) is 0 Å². The van der Waals surface area contributed by atoms with E-state index in [1.165, 1.54) is 6.92 Å². The van der Waals surface area contributed by atoms with E-state index in [-0.39, 0.29) is 12.3 Å². The zero-order chi connectivity index (χ0) is 11.0. The maximum atomic E-state index is 10.5. The summed E-state index contributed by atoms with van der Waals surface area (Å²) in [6, 6.07) is 0. The zero-order valence-corrected chi connectivity index (χ0v) is 8.75. The summed E-state index contributed by atoms with van der Waals surface area (Å²) in [6.07, 6.45) is 0.844. The SMILES string of the molecule is CC(=O)NCCN(C)CCCC(=O)O. The number of hydrogen-bond donors (Lipinski definition) is 2. The van der Waals surface area contributed by atoms with Gasteiger partial charge in [0.25, 0.3) is 0 Å². The van der Waals surface area contributed by atoms with Gasteiger partial charge < -0.3 is 15.3 Å². The number of aliphatic carboxylic acids is 1. The van der Waals surface area contributed by atoms with E-state index >= 15 is 0 Å². The zero-order valence-electron chi connectivity index (χ0n) is 8.75. The van der Waals surface area contributed by atoms with Crippen molar-refractivity contribution in [2.24, 2.45) is 0 Å². The Bertz CT molecular complexity index is 174. The first-order valence-corrected chi connectivity index (χ1v) is 4.67. The molecule has 0 spiro atoms. The number of carbonyl (C=O) groups is 2. The third-order valence-electron chi connectivity index (χ3n) is 1.80. The average Bonchev–Trinajstić information content (AvgIpc) is 2.02. The summed E-state index contributed by atoms with van der Waals surface area (Å²) in [6.45, 7) is 3.58. The molecule has 0 aromatic heterocycles. The molecular weight excluding hydrogens is 184 g/mol. The quantitative estimate of drug-likeness (QED) is 0.606. The Morgan fingerprint density at radius 1 is 1.36 bits per heavy atom. The monoisotopic (exact) mass is 202 g/mol. The van der Waals surface area contributed by atoms with Crippen LogP contribution in [0.4, 0.5) is 0 Å². The molecule has 0 rings (SSSR count). The van der Waals surface area contributed by atoms with Crippen LogP contribution in [0.3, 0.4) is 0 Å². The van der Waals surface area contributed by atoms with Gasteiger partial charge in [0.2, 0.25) is 5.91 Å². The summed E-state index contributed by atoms with van der Waals surface area (Å²) in [5, 5.41) is 11.1. The lowest BCUT2D eigenvalue weighted by atomic mass is 10.3. The van der Waals surface area contributed by atoms with Gasteiger partial charge in [-0.1, -0.05) is 0 Å². The van der Waals surface area contributed by atoms with Crippen molar-refractivity contribution in [2.75, 3.05) is 26.7 Å². The van der Waals surface area contributed by atoms with Crippen molar-refractivity contribution in [2.45, 2.75) is 19.8 Å². The van der Waals surface area contributed by atoms with Gasteiger partial charge in [0.05, 0.1) is 0 Å². The topological polar surface area (TPSA) is 69.6 Å². The molecule has 0 aromatic carbocycles. The Morgan fingerprint density at radius 2 is 2.00 bits per heavy atom. The molecule has 0 bridgehead atoms. The number of rotatable bonds is 7. The van der Waals surface area contributed by atoms with Crippen LogP contribution >= 0.6 is 0 Å². The van der Waals surface area contributed by atoms with Gasteiger partial charge in [-0.2, -0.15) is 0 Å². The summed E-state index contributed by atoms with van der Waals surface area (Å²) >= 11 is 0. The molecule has 5 nitrogen and oxygen atoms in total. The second kappa shape index (κ2) is 7.32. The fourth-order valence-electron chi connectivity index (χ4n) is 1.03. The van der Waals surface area contributed by atoms with Crippen molar-refractivity contribution in [3.05, 3.63) is 0 Å². The predicted octanol–water partition coefficient (Wildman–Crippen LogP) is -0.0809. The molecule has 0 aliphatic heterocycles. The van der Waals surface area contributed by atoms with Crippen molar-refractivity contribution >= 4 is 11.9 Å². The van der Waals surface area contributed by atoms with E-state index in [1.807, 2.05) is 11.9 Å². The maximum Gasteiger partial charge on any atom is 0.303 e. The summed E-state index contributed by atoms with van der Waals surface area (Å²) in [5.41, 5.74) is 0. The first kappa shape index (κ1) is 12.9. The van der Waals surface area contributed by atoms with Crippen LogP contribution in [0.1, 0.15) is 19.8 Å². The maximum absolute atomic E-state index is 10.5. The first-order chi connectivity index (χ1) is 6.52. The van der Waals surface area contributed by atoms with E-state index < -0.39 is 5.97 Å². The van der Waals surface area contributed by atoms with E-state index in [0.717, 1.165) is 13.1 Å². The Hall–Kier alpha value is -1.10. The van der Waals surface area contributed by atoms with Gasteiger partial charge >= 0.3 is 5.97 Å². The van der Waals surface area contributed by atoms with Crippen molar-refractivity contribution in [1.29, 1.82) is 0 Å². The molecule has 14 heavy (non-hydrogen) atoms. The molecule has 0 saturated heterocycles. The molecule has 2 N–H and O–H groups in total. The lowest BCUT2D eigenvalue weighted by Crippen LogP contribution is -2.32. The smallest absolute Gasteiger partial charge is 0.303 e. The highest BCUT2D eigenvalue weighted by Crippen LogP contribution is 1.91. The van der Waals surface area contributed by atoms with Crippen LogP contribution in [0.5, 0.6) is 0 Å². The van der Waals surface area contributed by atoms with Crippen molar-refractivity contribution in [3.63, 3.8) is 0 Å². The van der Waals surface area contributed by atoms with Crippen LogP contribution in [0.2, 0.25) is 0 Å². The fraction of sp³-hybridized carbons (Fsp3) is 0.778. The minimum Gasteiger partial charge on any atom is -0.481 e. The Balaban J connectivity index is 3.32. The highest BCUT2D eigenvalue weighted by Gasteiger charge is 2.01. The Morgan fingerprint density at radius 3 is 2.50 bits per heavy atom. The Kier molecular flexibility index (Phi) is 6.74. The summed E-state index contributed by atoms with van der Waals surface area (Å²) in [7, 11) is 1.91. The molecule has 0 unspecified atom stereocenters. The number of carboxylic acids is 1. The molecule has 0 atom stereocenters. The van der Waals surface area contributed by atoms with Gasteiger partial charge in [0, 0.05) is 26.4 Å². The lowest BCUT2D eigenvalue weighted by Gasteiger charge is -2.15. The second-order valence-electron chi connectivity index (χ2n) is 3.28. The number of hydrogen-bond acceptors (Lipinski definition) is 3. The number of nitrogens with one attached hydrogen (secondary N) is 1. The van der Waals surface area contributed by atoms with Crippen molar-refractivity contribution < 1.29 is 14.7 Å². The summed E-state index contributed by atoms with van der Waals surface area (Å²) < 4.78 is 0. The lowest BCUT2D eigenvalue weighted by molar-refractivity contribution is -0.137. The molecule has 0 saturated carbocycles. The van der Waals surface area contributed by atoms with Crippen LogP contribution in [0.15, 0.2) is 0 Å². The number of likely N-dealkylation sites (N-methyl/N-ethyl adjacent to an activating group) is 1. The highest BCUT2D eigenvalue weighted by molar-refractivity contribution is 5.72. The number of amides is 1. The summed E-state index contributed by atoms with van der Waals surface area (Å²) in [4.78, 5) is 22.7. The van der Waals surface area contributed by atoms with Gasteiger partial charge in [-0.05, 0) is 20.0 Å². The third-order valence-corrected chi connectivity index (χ3v) is 1.80. The minimum atomic E-state index is -0.764. The summed E-state index contributed by atoms with van der Waals surface area (Å²) in [5.74, 6) is -0.802. The van der Waals surface area contributed by atoms with Gasteiger partial charge in [-0.25, -0.2) is 0 Å². The van der Waals surface area contributed by atoms with Crippen LogP contribution in [0, 0.1) is 0 Å². The van der Waals surface area contributed by atoms with Gasteiger partial charge in [-0.15, -0.1) is 0 Å². The molecular formula is C9H18N2O3. The molecule has 5 heteroatoms.